The van der Waals surface area contributed by atoms with E-state index in [2.05, 4.69) is 31.2 Å². The van der Waals surface area contributed by atoms with Crippen molar-refractivity contribution in [3.05, 3.63) is 35.4 Å². The first-order chi connectivity index (χ1) is 13.5. The van der Waals surface area contributed by atoms with E-state index in [0.717, 1.165) is 31.1 Å². The Kier molecular flexibility index (Phi) is 7.60. The van der Waals surface area contributed by atoms with Gasteiger partial charge in [0.1, 0.15) is 0 Å². The third-order valence-corrected chi connectivity index (χ3v) is 7.36. The van der Waals surface area contributed by atoms with Gasteiger partial charge >= 0.3 is 5.97 Å². The predicted molar refractivity (Wildman–Crippen MR) is 117 cm³/mol. The summed E-state index contributed by atoms with van der Waals surface area (Å²) in [7, 11) is 0. The van der Waals surface area contributed by atoms with Crippen LogP contribution in [0.4, 0.5) is 0 Å². The summed E-state index contributed by atoms with van der Waals surface area (Å²) in [5.41, 5.74) is 3.49. The second-order valence-electron chi connectivity index (χ2n) is 9.99. The average Bonchev–Trinajstić information content (AvgIpc) is 3.60. The van der Waals surface area contributed by atoms with Crippen molar-refractivity contribution in [2.75, 3.05) is 0 Å². The maximum Gasteiger partial charge on any atom is 0.309 e. The molecule has 156 valence electrons. The Hall–Kier alpha value is -1.31. The van der Waals surface area contributed by atoms with Crippen LogP contribution < -0.4 is 0 Å². The Bertz CT molecular complexity index is 625. The third kappa shape index (κ3) is 6.64. The van der Waals surface area contributed by atoms with E-state index in [1.54, 1.807) is 5.56 Å². The van der Waals surface area contributed by atoms with E-state index in [0.29, 0.717) is 0 Å². The number of hydrogen-bond acceptors (Lipinski definition) is 1. The topological polar surface area (TPSA) is 37.3 Å². The summed E-state index contributed by atoms with van der Waals surface area (Å²) >= 11 is 0. The summed E-state index contributed by atoms with van der Waals surface area (Å²) in [6.45, 7) is 2.44. The lowest BCUT2D eigenvalue weighted by Crippen LogP contribution is -2.14. The molecule has 3 rings (SSSR count). The van der Waals surface area contributed by atoms with Crippen molar-refractivity contribution in [3.8, 4) is 0 Å². The van der Waals surface area contributed by atoms with Crippen LogP contribution in [-0.2, 0) is 17.6 Å². The van der Waals surface area contributed by atoms with Crippen LogP contribution in [0.3, 0.4) is 0 Å². The first-order valence-corrected chi connectivity index (χ1v) is 11.8. The number of carboxylic acid groups (broad SMARTS) is 1. The molecule has 0 unspecified atom stereocenters. The molecule has 0 amide bonds. The van der Waals surface area contributed by atoms with E-state index >= 15 is 0 Å². The maximum atomic E-state index is 11.2. The smallest absolute Gasteiger partial charge is 0.309 e. The molecule has 1 aromatic carbocycles. The molecular formula is C26H40O2. The van der Waals surface area contributed by atoms with Crippen LogP contribution in [-0.4, -0.2) is 11.1 Å². The Morgan fingerprint density at radius 1 is 0.786 bits per heavy atom. The molecule has 2 heteroatoms. The van der Waals surface area contributed by atoms with Gasteiger partial charge in [0.05, 0.1) is 5.41 Å². The first kappa shape index (κ1) is 21.4. The molecule has 0 heterocycles. The minimum atomic E-state index is -0.567. The number of carbonyl (C=O) groups is 1. The van der Waals surface area contributed by atoms with Gasteiger partial charge in [-0.05, 0) is 80.8 Å². The van der Waals surface area contributed by atoms with Gasteiger partial charge in [0, 0.05) is 0 Å². The highest BCUT2D eigenvalue weighted by atomic mass is 16.4. The van der Waals surface area contributed by atoms with E-state index < -0.39 is 5.97 Å². The number of unbranched alkanes of at least 4 members (excludes halogenated alkanes) is 6. The number of hydrogen-bond donors (Lipinski definition) is 1. The second kappa shape index (κ2) is 9.94. The molecule has 0 radical (unpaired) electrons. The summed E-state index contributed by atoms with van der Waals surface area (Å²) in [5.74, 6) is -0.567. The van der Waals surface area contributed by atoms with Crippen LogP contribution in [0, 0.1) is 10.8 Å². The molecular weight excluding hydrogens is 344 g/mol. The van der Waals surface area contributed by atoms with Crippen molar-refractivity contribution >= 4 is 5.97 Å². The molecule has 2 aliphatic carbocycles. The third-order valence-electron chi connectivity index (χ3n) is 7.36. The van der Waals surface area contributed by atoms with Crippen LogP contribution in [0.5, 0.6) is 0 Å². The maximum absolute atomic E-state index is 11.2. The summed E-state index contributed by atoms with van der Waals surface area (Å²) in [5, 5.41) is 9.24. The number of rotatable bonds is 15. The molecule has 0 bridgehead atoms. The molecule has 1 N–H and O–H groups in total. The fourth-order valence-electron chi connectivity index (χ4n) is 4.58. The SMILES string of the molecule is CC1(CCCCCCc2ccccc2CCCCCCC2(C(=O)O)CC2)CC1. The number of aliphatic carboxylic acids is 1. The van der Waals surface area contributed by atoms with Crippen molar-refractivity contribution in [1.29, 1.82) is 0 Å². The van der Waals surface area contributed by atoms with Crippen LogP contribution in [0.1, 0.15) is 108 Å². The molecule has 2 nitrogen and oxygen atoms in total. The van der Waals surface area contributed by atoms with Crippen molar-refractivity contribution in [2.24, 2.45) is 10.8 Å². The predicted octanol–water partition coefficient (Wildman–Crippen LogP) is 7.34. The van der Waals surface area contributed by atoms with Gasteiger partial charge in [-0.25, -0.2) is 0 Å². The van der Waals surface area contributed by atoms with E-state index in [-0.39, 0.29) is 5.41 Å². The molecule has 0 spiro atoms. The second-order valence-corrected chi connectivity index (χ2v) is 9.99. The molecule has 0 aliphatic heterocycles. The lowest BCUT2D eigenvalue weighted by molar-refractivity contribution is -0.143. The Labute approximate surface area is 172 Å². The lowest BCUT2D eigenvalue weighted by Gasteiger charge is -2.11. The monoisotopic (exact) mass is 384 g/mol. The van der Waals surface area contributed by atoms with Crippen LogP contribution >= 0.6 is 0 Å². The highest BCUT2D eigenvalue weighted by molar-refractivity contribution is 5.77. The normalized spacial score (nSPS) is 18.8. The highest BCUT2D eigenvalue weighted by Crippen LogP contribution is 2.50. The highest BCUT2D eigenvalue weighted by Gasteiger charge is 2.49. The quantitative estimate of drug-likeness (QED) is 0.321. The van der Waals surface area contributed by atoms with Gasteiger partial charge in [-0.2, -0.15) is 0 Å². The van der Waals surface area contributed by atoms with Gasteiger partial charge in [0.25, 0.3) is 0 Å². The summed E-state index contributed by atoms with van der Waals surface area (Å²) in [4.78, 5) is 11.2. The average molecular weight is 385 g/mol. The zero-order valence-corrected chi connectivity index (χ0v) is 18.0. The van der Waals surface area contributed by atoms with Crippen LogP contribution in [0.2, 0.25) is 0 Å². The van der Waals surface area contributed by atoms with Crippen LogP contribution in [0.15, 0.2) is 24.3 Å². The molecule has 0 saturated heterocycles. The Morgan fingerprint density at radius 3 is 1.75 bits per heavy atom. The zero-order chi connectivity index (χ0) is 19.9. The number of aryl methyl sites for hydroxylation is 2. The molecule has 28 heavy (non-hydrogen) atoms. The van der Waals surface area contributed by atoms with Crippen molar-refractivity contribution < 1.29 is 9.90 Å². The van der Waals surface area contributed by atoms with Gasteiger partial charge in [-0.3, -0.25) is 4.79 Å². The summed E-state index contributed by atoms with van der Waals surface area (Å²) in [6.07, 6.45) is 19.7. The van der Waals surface area contributed by atoms with E-state index in [1.165, 1.54) is 82.6 Å². The molecule has 2 saturated carbocycles. The van der Waals surface area contributed by atoms with Crippen molar-refractivity contribution in [2.45, 2.75) is 110 Å². The van der Waals surface area contributed by atoms with Gasteiger partial charge in [0.15, 0.2) is 0 Å². The van der Waals surface area contributed by atoms with E-state index in [1.807, 2.05) is 0 Å². The van der Waals surface area contributed by atoms with Crippen molar-refractivity contribution in [1.82, 2.24) is 0 Å². The minimum Gasteiger partial charge on any atom is -0.481 e. The molecule has 2 aliphatic rings. The van der Waals surface area contributed by atoms with E-state index in [9.17, 15) is 9.90 Å². The van der Waals surface area contributed by atoms with Gasteiger partial charge in [-0.15, -0.1) is 0 Å². The zero-order valence-electron chi connectivity index (χ0n) is 18.0. The molecule has 0 aromatic heterocycles. The Morgan fingerprint density at radius 2 is 1.29 bits per heavy atom. The summed E-state index contributed by atoms with van der Waals surface area (Å²) in [6, 6.07) is 9.00. The Balaban J connectivity index is 1.26. The fraction of sp³-hybridized carbons (Fsp3) is 0.731. The minimum absolute atomic E-state index is 0.330. The first-order valence-electron chi connectivity index (χ1n) is 11.8. The number of carboxylic acids is 1. The summed E-state index contributed by atoms with van der Waals surface area (Å²) < 4.78 is 0. The lowest BCUT2D eigenvalue weighted by atomic mass is 9.94. The van der Waals surface area contributed by atoms with Gasteiger partial charge in [-0.1, -0.05) is 69.7 Å². The van der Waals surface area contributed by atoms with Gasteiger partial charge < -0.3 is 5.11 Å². The molecule has 1 aromatic rings. The number of benzene rings is 1. The standard InChI is InChI=1S/C26H40O2/c1-25(18-19-25)16-10-4-2-6-12-22-14-8-9-15-23(22)13-7-3-5-11-17-26(20-21-26)24(27)28/h8-9,14-15H,2-7,10-13,16-21H2,1H3,(H,27,28). The van der Waals surface area contributed by atoms with E-state index in [4.69, 9.17) is 0 Å². The molecule has 2 fully saturated rings. The van der Waals surface area contributed by atoms with Gasteiger partial charge in [0.2, 0.25) is 0 Å². The molecule has 0 atom stereocenters. The van der Waals surface area contributed by atoms with Crippen LogP contribution in [0.25, 0.3) is 0 Å². The fourth-order valence-corrected chi connectivity index (χ4v) is 4.58. The van der Waals surface area contributed by atoms with Crippen molar-refractivity contribution in [3.63, 3.8) is 0 Å². The largest absolute Gasteiger partial charge is 0.481 e.